The van der Waals surface area contributed by atoms with Crippen molar-refractivity contribution in [1.29, 1.82) is 0 Å². The Hall–Kier alpha value is -2.19. The van der Waals surface area contributed by atoms with E-state index in [1.165, 1.54) is 0 Å². The van der Waals surface area contributed by atoms with Gasteiger partial charge >= 0.3 is 0 Å². The van der Waals surface area contributed by atoms with Crippen molar-refractivity contribution in [2.75, 3.05) is 0 Å². The Labute approximate surface area is 114 Å². The molecule has 0 fully saturated rings. The lowest BCUT2D eigenvalue weighted by atomic mass is 10.0. The van der Waals surface area contributed by atoms with Gasteiger partial charge in [0, 0.05) is 16.5 Å². The number of carbonyl (C=O) groups is 1. The smallest absolute Gasteiger partial charge is 0.212 e. The van der Waals surface area contributed by atoms with Crippen LogP contribution in [0, 0.1) is 0 Å². The Balaban J connectivity index is 2.24. The first-order valence-electron chi connectivity index (χ1n) is 6.00. The summed E-state index contributed by atoms with van der Waals surface area (Å²) in [5.74, 6) is -0.0433. The molecule has 3 heteroatoms. The van der Waals surface area contributed by atoms with Crippen LogP contribution in [0.1, 0.15) is 16.1 Å². The molecule has 0 saturated carbocycles. The molecule has 0 atom stereocenters. The number of fused-ring (bicyclic) bond motifs is 5. The van der Waals surface area contributed by atoms with Crippen LogP contribution >= 0.6 is 11.6 Å². The molecule has 0 saturated heterocycles. The first kappa shape index (κ1) is 10.7. The minimum Gasteiger partial charge on any atom is -0.287 e. The number of halogens is 1. The molecule has 1 aromatic heterocycles. The lowest BCUT2D eigenvalue weighted by molar-refractivity contribution is 0.103. The topological polar surface area (TPSA) is 30.0 Å². The highest BCUT2D eigenvalue weighted by Gasteiger charge is 2.30. The Morgan fingerprint density at radius 1 is 0.842 bits per heavy atom. The van der Waals surface area contributed by atoms with Gasteiger partial charge in [-0.1, -0.05) is 60.1 Å². The van der Waals surface area contributed by atoms with Crippen LogP contribution in [0.15, 0.2) is 48.5 Å². The second-order valence-electron chi connectivity index (χ2n) is 4.55. The third-order valence-electron chi connectivity index (χ3n) is 3.52. The van der Waals surface area contributed by atoms with Crippen molar-refractivity contribution in [2.24, 2.45) is 0 Å². The predicted molar refractivity (Wildman–Crippen MR) is 75.6 cm³/mol. The minimum absolute atomic E-state index is 0.0433. The van der Waals surface area contributed by atoms with E-state index in [2.05, 4.69) is 4.98 Å². The molecule has 3 aromatic rings. The molecule has 1 heterocycles. The molecule has 0 spiro atoms. The van der Waals surface area contributed by atoms with Crippen LogP contribution in [0.2, 0.25) is 5.15 Å². The highest BCUT2D eigenvalue weighted by Crippen LogP contribution is 2.41. The summed E-state index contributed by atoms with van der Waals surface area (Å²) in [4.78, 5) is 16.7. The number of aromatic nitrogens is 1. The maximum Gasteiger partial charge on any atom is 0.212 e. The van der Waals surface area contributed by atoms with E-state index in [0.29, 0.717) is 16.4 Å². The summed E-state index contributed by atoms with van der Waals surface area (Å²) < 4.78 is 0. The van der Waals surface area contributed by atoms with Gasteiger partial charge in [0.25, 0.3) is 0 Å². The molecule has 4 rings (SSSR count). The predicted octanol–water partition coefficient (Wildman–Crippen LogP) is 4.10. The van der Waals surface area contributed by atoms with Crippen LogP contribution < -0.4 is 0 Å². The number of nitrogens with zero attached hydrogens (tertiary/aromatic N) is 1. The fourth-order valence-electron chi connectivity index (χ4n) is 2.69. The third kappa shape index (κ3) is 1.32. The van der Waals surface area contributed by atoms with Crippen LogP contribution in [0.5, 0.6) is 0 Å². The summed E-state index contributed by atoms with van der Waals surface area (Å²) in [6, 6.07) is 15.4. The lowest BCUT2D eigenvalue weighted by Gasteiger charge is -2.06. The SMILES string of the molecule is O=C1c2ccccc2-c2c1nc(Cl)c1ccccc21. The molecule has 2 aromatic carbocycles. The van der Waals surface area contributed by atoms with Crippen molar-refractivity contribution in [1.82, 2.24) is 4.98 Å². The van der Waals surface area contributed by atoms with Gasteiger partial charge in [0.05, 0.1) is 0 Å². The Morgan fingerprint density at radius 3 is 2.26 bits per heavy atom. The number of pyridine rings is 1. The van der Waals surface area contributed by atoms with Crippen LogP contribution in [0.4, 0.5) is 0 Å². The molecule has 1 aliphatic carbocycles. The van der Waals surface area contributed by atoms with E-state index in [9.17, 15) is 4.79 Å². The number of carbonyl (C=O) groups excluding carboxylic acids is 1. The summed E-state index contributed by atoms with van der Waals surface area (Å²) in [6.07, 6.45) is 0. The number of rotatable bonds is 0. The van der Waals surface area contributed by atoms with Gasteiger partial charge in [0.15, 0.2) is 0 Å². The van der Waals surface area contributed by atoms with E-state index in [1.807, 2.05) is 48.5 Å². The largest absolute Gasteiger partial charge is 0.287 e. The number of ketones is 1. The van der Waals surface area contributed by atoms with Crippen LogP contribution in [-0.4, -0.2) is 10.8 Å². The fraction of sp³-hybridized carbons (Fsp3) is 0. The molecule has 90 valence electrons. The summed E-state index contributed by atoms with van der Waals surface area (Å²) >= 11 is 6.19. The molecule has 0 N–H and O–H groups in total. The minimum atomic E-state index is -0.0433. The molecule has 0 radical (unpaired) electrons. The molecular formula is C16H8ClNO. The van der Waals surface area contributed by atoms with Gasteiger partial charge in [0.2, 0.25) is 5.78 Å². The summed E-state index contributed by atoms with van der Waals surface area (Å²) in [5.41, 5.74) is 3.02. The number of benzene rings is 2. The number of hydrogen-bond donors (Lipinski definition) is 0. The van der Waals surface area contributed by atoms with E-state index in [4.69, 9.17) is 11.6 Å². The highest BCUT2D eigenvalue weighted by atomic mass is 35.5. The van der Waals surface area contributed by atoms with Crippen molar-refractivity contribution in [3.05, 3.63) is 64.9 Å². The summed E-state index contributed by atoms with van der Waals surface area (Å²) in [6.45, 7) is 0. The Morgan fingerprint density at radius 2 is 1.47 bits per heavy atom. The van der Waals surface area contributed by atoms with E-state index in [1.54, 1.807) is 0 Å². The quantitative estimate of drug-likeness (QED) is 0.448. The van der Waals surface area contributed by atoms with Crippen LogP contribution in [0.3, 0.4) is 0 Å². The van der Waals surface area contributed by atoms with Gasteiger partial charge in [-0.2, -0.15) is 0 Å². The molecule has 2 nitrogen and oxygen atoms in total. The van der Waals surface area contributed by atoms with Gasteiger partial charge in [-0.3, -0.25) is 4.79 Å². The van der Waals surface area contributed by atoms with Crippen molar-refractivity contribution in [3.8, 4) is 11.1 Å². The second kappa shape index (κ2) is 3.65. The molecule has 19 heavy (non-hydrogen) atoms. The van der Waals surface area contributed by atoms with Crippen LogP contribution in [0.25, 0.3) is 21.9 Å². The summed E-state index contributed by atoms with van der Waals surface area (Å²) in [7, 11) is 0. The van der Waals surface area contributed by atoms with Crippen molar-refractivity contribution in [3.63, 3.8) is 0 Å². The van der Waals surface area contributed by atoms with E-state index in [-0.39, 0.29) is 5.78 Å². The number of hydrogen-bond acceptors (Lipinski definition) is 2. The maximum absolute atomic E-state index is 12.4. The van der Waals surface area contributed by atoms with Crippen LogP contribution in [-0.2, 0) is 0 Å². The van der Waals surface area contributed by atoms with E-state index < -0.39 is 0 Å². The van der Waals surface area contributed by atoms with Crippen molar-refractivity contribution < 1.29 is 4.79 Å². The summed E-state index contributed by atoms with van der Waals surface area (Å²) in [5, 5.41) is 2.25. The lowest BCUT2D eigenvalue weighted by Crippen LogP contribution is -1.99. The Kier molecular flexibility index (Phi) is 2.06. The van der Waals surface area contributed by atoms with Gasteiger partial charge in [-0.15, -0.1) is 0 Å². The molecule has 0 aliphatic heterocycles. The highest BCUT2D eigenvalue weighted by molar-refractivity contribution is 6.36. The van der Waals surface area contributed by atoms with Gasteiger partial charge in [-0.05, 0) is 10.9 Å². The zero-order valence-corrected chi connectivity index (χ0v) is 10.6. The normalized spacial score (nSPS) is 12.6. The van der Waals surface area contributed by atoms with Crippen molar-refractivity contribution >= 4 is 28.2 Å². The zero-order valence-electron chi connectivity index (χ0n) is 9.85. The maximum atomic E-state index is 12.4. The van der Waals surface area contributed by atoms with Gasteiger partial charge in [-0.25, -0.2) is 4.98 Å². The standard InChI is InChI=1S/C16H8ClNO/c17-16-12-8-4-2-6-10(12)13-9-5-1-3-7-11(9)15(19)14(13)18-16/h1-8H. The van der Waals surface area contributed by atoms with Gasteiger partial charge < -0.3 is 0 Å². The average molecular weight is 266 g/mol. The zero-order chi connectivity index (χ0) is 13.0. The average Bonchev–Trinajstić information content (AvgIpc) is 2.73. The van der Waals surface area contributed by atoms with Crippen molar-refractivity contribution in [2.45, 2.75) is 0 Å². The van der Waals surface area contributed by atoms with Gasteiger partial charge in [0.1, 0.15) is 10.8 Å². The van der Waals surface area contributed by atoms with E-state index >= 15 is 0 Å². The molecule has 0 bridgehead atoms. The molecule has 0 amide bonds. The third-order valence-corrected chi connectivity index (χ3v) is 3.81. The molecular weight excluding hydrogens is 258 g/mol. The molecule has 1 aliphatic rings. The molecule has 0 unspecified atom stereocenters. The first-order chi connectivity index (χ1) is 9.27. The monoisotopic (exact) mass is 265 g/mol. The Bertz CT molecular complexity index is 854. The van der Waals surface area contributed by atoms with E-state index in [0.717, 1.165) is 21.9 Å². The second-order valence-corrected chi connectivity index (χ2v) is 4.90. The first-order valence-corrected chi connectivity index (χ1v) is 6.37. The fourth-order valence-corrected chi connectivity index (χ4v) is 2.94.